The summed E-state index contributed by atoms with van der Waals surface area (Å²) in [5.41, 5.74) is 3.80. The smallest absolute Gasteiger partial charge is 0.340 e. The van der Waals surface area contributed by atoms with Crippen molar-refractivity contribution >= 4 is 17.3 Å². The molecular weight excluding hydrogens is 283 g/mol. The minimum atomic E-state index is -4.64. The molecule has 0 saturated carbocycles. The predicted molar refractivity (Wildman–Crippen MR) is 73.9 cm³/mol. The van der Waals surface area contributed by atoms with E-state index in [0.29, 0.717) is 5.69 Å². The van der Waals surface area contributed by atoms with Crippen LogP contribution in [0.15, 0.2) is 30.3 Å². The van der Waals surface area contributed by atoms with E-state index in [9.17, 15) is 13.2 Å². The molecule has 0 aliphatic heterocycles. The number of benzene rings is 1. The molecule has 0 bridgehead atoms. The quantitative estimate of drug-likeness (QED) is 0.597. The van der Waals surface area contributed by atoms with Crippen LogP contribution in [0.2, 0.25) is 0 Å². The van der Waals surface area contributed by atoms with Crippen molar-refractivity contribution in [2.24, 2.45) is 5.84 Å². The van der Waals surface area contributed by atoms with Crippen LogP contribution in [0.3, 0.4) is 0 Å². The van der Waals surface area contributed by atoms with Crippen LogP contribution in [0.25, 0.3) is 0 Å². The van der Waals surface area contributed by atoms with Gasteiger partial charge in [-0.05, 0) is 24.1 Å². The molecule has 112 valence electrons. The van der Waals surface area contributed by atoms with Crippen molar-refractivity contribution in [2.75, 3.05) is 10.7 Å². The van der Waals surface area contributed by atoms with Crippen molar-refractivity contribution in [3.8, 4) is 0 Å². The Morgan fingerprint density at radius 3 is 2.48 bits per heavy atom. The molecule has 1 aromatic carbocycles. The van der Waals surface area contributed by atoms with Crippen molar-refractivity contribution in [3.63, 3.8) is 0 Å². The maximum absolute atomic E-state index is 12.7. The second-order valence-electron chi connectivity index (χ2n) is 4.28. The third-order valence-electron chi connectivity index (χ3n) is 2.74. The van der Waals surface area contributed by atoms with Gasteiger partial charge in [0, 0.05) is 11.8 Å². The highest BCUT2D eigenvalue weighted by molar-refractivity contribution is 5.59. The van der Waals surface area contributed by atoms with Gasteiger partial charge in [-0.3, -0.25) is 0 Å². The fraction of sp³-hybridized carbons (Fsp3) is 0.231. The minimum Gasteiger partial charge on any atom is -0.340 e. The molecule has 2 aromatic rings. The summed E-state index contributed by atoms with van der Waals surface area (Å²) in [6.45, 7) is 1.99. The second kappa shape index (κ2) is 5.96. The molecule has 5 nitrogen and oxygen atoms in total. The Morgan fingerprint density at radius 1 is 1.14 bits per heavy atom. The van der Waals surface area contributed by atoms with Crippen molar-refractivity contribution in [1.82, 2.24) is 9.97 Å². The lowest BCUT2D eigenvalue weighted by molar-refractivity contribution is -0.144. The van der Waals surface area contributed by atoms with Crippen molar-refractivity contribution < 1.29 is 13.2 Å². The largest absolute Gasteiger partial charge is 0.451 e. The van der Waals surface area contributed by atoms with Gasteiger partial charge in [-0.15, -0.1) is 0 Å². The minimum absolute atomic E-state index is 0.0125. The Morgan fingerprint density at radius 2 is 1.86 bits per heavy atom. The number of hydrogen-bond donors (Lipinski definition) is 3. The number of rotatable bonds is 4. The normalized spacial score (nSPS) is 11.3. The van der Waals surface area contributed by atoms with Crippen LogP contribution in [-0.4, -0.2) is 9.97 Å². The molecule has 2 rings (SSSR count). The third kappa shape index (κ3) is 3.82. The standard InChI is InChI=1S/C13H14F3N5/c1-2-8-4-3-5-9(6-8)18-10-7-11(21-17)20-12(19-10)13(14,15)16/h3-7H,2,17H2,1H3,(H2,18,19,20,21). The van der Waals surface area contributed by atoms with Crippen LogP contribution in [0.1, 0.15) is 18.3 Å². The maximum Gasteiger partial charge on any atom is 0.451 e. The van der Waals surface area contributed by atoms with Crippen LogP contribution in [0.4, 0.5) is 30.5 Å². The van der Waals surface area contributed by atoms with Crippen LogP contribution >= 0.6 is 0 Å². The average Bonchev–Trinajstić information content (AvgIpc) is 2.46. The lowest BCUT2D eigenvalue weighted by Crippen LogP contribution is -2.16. The average molecular weight is 297 g/mol. The summed E-state index contributed by atoms with van der Waals surface area (Å²) in [6, 6.07) is 8.62. The molecule has 0 atom stereocenters. The SMILES string of the molecule is CCc1cccc(Nc2cc(NN)nc(C(F)(F)F)n2)c1. The number of nitrogens with two attached hydrogens (primary N) is 1. The van der Waals surface area contributed by atoms with Gasteiger partial charge in [0.2, 0.25) is 5.82 Å². The van der Waals surface area contributed by atoms with Gasteiger partial charge in [-0.2, -0.15) is 13.2 Å². The van der Waals surface area contributed by atoms with Gasteiger partial charge in [0.15, 0.2) is 0 Å². The van der Waals surface area contributed by atoms with Gasteiger partial charge in [-0.1, -0.05) is 19.1 Å². The monoisotopic (exact) mass is 297 g/mol. The van der Waals surface area contributed by atoms with E-state index in [2.05, 4.69) is 20.7 Å². The molecule has 0 aliphatic rings. The molecule has 0 fully saturated rings. The first kappa shape index (κ1) is 15.0. The molecule has 4 N–H and O–H groups in total. The number of anilines is 3. The molecule has 0 amide bonds. The second-order valence-corrected chi connectivity index (χ2v) is 4.28. The fourth-order valence-corrected chi connectivity index (χ4v) is 1.73. The molecule has 0 unspecified atom stereocenters. The summed E-state index contributed by atoms with van der Waals surface area (Å²) >= 11 is 0. The van der Waals surface area contributed by atoms with Gasteiger partial charge < -0.3 is 10.7 Å². The number of aromatic nitrogens is 2. The van der Waals surface area contributed by atoms with E-state index >= 15 is 0 Å². The van der Waals surface area contributed by atoms with Crippen molar-refractivity contribution in [2.45, 2.75) is 19.5 Å². The number of nitrogens with one attached hydrogen (secondary N) is 2. The maximum atomic E-state index is 12.7. The molecule has 0 saturated heterocycles. The Kier molecular flexibility index (Phi) is 4.27. The number of hydrogen-bond acceptors (Lipinski definition) is 5. The highest BCUT2D eigenvalue weighted by Crippen LogP contribution is 2.29. The summed E-state index contributed by atoms with van der Waals surface area (Å²) in [6.07, 6.45) is -3.82. The molecule has 1 heterocycles. The number of nitrogen functional groups attached to an aromatic ring is 1. The first-order valence-electron chi connectivity index (χ1n) is 6.21. The van der Waals surface area contributed by atoms with E-state index in [1.807, 2.05) is 25.1 Å². The molecule has 21 heavy (non-hydrogen) atoms. The molecule has 1 aromatic heterocycles. The van der Waals surface area contributed by atoms with E-state index in [4.69, 9.17) is 5.84 Å². The van der Waals surface area contributed by atoms with Gasteiger partial charge in [0.25, 0.3) is 0 Å². The highest BCUT2D eigenvalue weighted by Gasteiger charge is 2.35. The molecule has 0 spiro atoms. The van der Waals surface area contributed by atoms with E-state index in [1.54, 1.807) is 6.07 Å². The summed E-state index contributed by atoms with van der Waals surface area (Å²) in [5.74, 6) is 3.77. The van der Waals surface area contributed by atoms with Gasteiger partial charge in [0.1, 0.15) is 11.6 Å². The summed E-state index contributed by atoms with van der Waals surface area (Å²) < 4.78 is 38.2. The lowest BCUT2D eigenvalue weighted by Gasteiger charge is -2.11. The number of hydrazine groups is 1. The first-order chi connectivity index (χ1) is 9.92. The van der Waals surface area contributed by atoms with Gasteiger partial charge in [0.05, 0.1) is 0 Å². The zero-order valence-electron chi connectivity index (χ0n) is 11.2. The Hall–Kier alpha value is -2.35. The molecule has 8 heteroatoms. The fourth-order valence-electron chi connectivity index (χ4n) is 1.73. The van der Waals surface area contributed by atoms with Gasteiger partial charge >= 0.3 is 6.18 Å². The van der Waals surface area contributed by atoms with Crippen LogP contribution in [-0.2, 0) is 12.6 Å². The number of nitrogens with zero attached hydrogens (tertiary/aromatic N) is 2. The summed E-state index contributed by atoms with van der Waals surface area (Å²) in [5, 5.41) is 2.82. The number of alkyl halides is 3. The van der Waals surface area contributed by atoms with Crippen LogP contribution < -0.4 is 16.6 Å². The topological polar surface area (TPSA) is 75.9 Å². The van der Waals surface area contributed by atoms with Crippen LogP contribution in [0, 0.1) is 0 Å². The Bertz CT molecular complexity index is 627. The zero-order chi connectivity index (χ0) is 15.5. The highest BCUT2D eigenvalue weighted by atomic mass is 19.4. The van der Waals surface area contributed by atoms with Crippen molar-refractivity contribution in [1.29, 1.82) is 0 Å². The van der Waals surface area contributed by atoms with E-state index in [1.165, 1.54) is 6.07 Å². The van der Waals surface area contributed by atoms with E-state index < -0.39 is 12.0 Å². The molecular formula is C13H14F3N5. The van der Waals surface area contributed by atoms with E-state index in [-0.39, 0.29) is 11.6 Å². The number of halogens is 3. The van der Waals surface area contributed by atoms with Crippen molar-refractivity contribution in [3.05, 3.63) is 41.7 Å². The lowest BCUT2D eigenvalue weighted by atomic mass is 10.1. The Labute approximate surface area is 119 Å². The predicted octanol–water partition coefficient (Wildman–Crippen LogP) is 3.09. The summed E-state index contributed by atoms with van der Waals surface area (Å²) in [7, 11) is 0. The number of aryl methyl sites for hydroxylation is 1. The zero-order valence-corrected chi connectivity index (χ0v) is 11.2. The Balaban J connectivity index is 2.34. The van der Waals surface area contributed by atoms with Gasteiger partial charge in [-0.25, -0.2) is 15.8 Å². The van der Waals surface area contributed by atoms with Crippen LogP contribution in [0.5, 0.6) is 0 Å². The molecule has 0 radical (unpaired) electrons. The van der Waals surface area contributed by atoms with E-state index in [0.717, 1.165) is 12.0 Å². The molecule has 0 aliphatic carbocycles. The third-order valence-corrected chi connectivity index (χ3v) is 2.74. The first-order valence-corrected chi connectivity index (χ1v) is 6.21. The summed E-state index contributed by atoms with van der Waals surface area (Å²) in [4.78, 5) is 6.75.